The van der Waals surface area contributed by atoms with Crippen LogP contribution in [-0.4, -0.2) is 55.5 Å². The van der Waals surface area contributed by atoms with Crippen LogP contribution in [0.3, 0.4) is 0 Å². The van der Waals surface area contributed by atoms with Crippen molar-refractivity contribution in [2.24, 2.45) is 28.1 Å². The van der Waals surface area contributed by atoms with E-state index in [0.29, 0.717) is 4.99 Å². The molecule has 0 fully saturated rings. The second-order valence-corrected chi connectivity index (χ2v) is 6.88. The van der Waals surface area contributed by atoms with Crippen LogP contribution in [0.5, 0.6) is 5.75 Å². The quantitative estimate of drug-likeness (QED) is 0.0575. The van der Waals surface area contributed by atoms with Crippen LogP contribution >= 0.6 is 20.0 Å². The Labute approximate surface area is 176 Å². The maximum absolute atomic E-state index is 10.6. The van der Waals surface area contributed by atoms with E-state index >= 15 is 0 Å². The number of phosphoric acid groups is 1. The number of oxime groups is 1. The fourth-order valence-corrected chi connectivity index (χ4v) is 1.69. The molecule has 0 heterocycles. The van der Waals surface area contributed by atoms with Crippen LogP contribution in [0.4, 0.5) is 0 Å². The van der Waals surface area contributed by atoms with Crippen molar-refractivity contribution >= 4 is 42.9 Å². The number of para-hydroxylation sites is 1. The monoisotopic (exact) mass is 469 g/mol. The number of guanidine groups is 1. The summed E-state index contributed by atoms with van der Waals surface area (Å²) in [5.41, 5.74) is 19.5. The van der Waals surface area contributed by atoms with Gasteiger partial charge in [-0.3, -0.25) is 14.6 Å². The average molecular weight is 469 g/mol. The highest BCUT2D eigenvalue weighted by molar-refractivity contribution is 7.80. The molecule has 0 aliphatic carbocycles. The highest BCUT2D eigenvalue weighted by atomic mass is 32.1. The summed E-state index contributed by atoms with van der Waals surface area (Å²) < 4.78 is 14.6. The van der Waals surface area contributed by atoms with Gasteiger partial charge in [0.1, 0.15) is 24.0 Å². The first-order valence-electron chi connectivity index (χ1n) is 7.70. The largest absolute Gasteiger partial charge is 0.524 e. The fraction of sp³-hybridized carbons (Fsp3) is 0.286. The van der Waals surface area contributed by atoms with Crippen molar-refractivity contribution in [3.63, 3.8) is 0 Å². The van der Waals surface area contributed by atoms with Crippen LogP contribution in [0.2, 0.25) is 0 Å². The standard InChI is InChI=1S/C7H7O6P.C5H12N4O3.C2H5NS/c8-7(9)5-3-1-2-4-6(5)13-14(10,11)12;6-3(4(10)11)1-2-12-9-5(7)8;1-2(3)4/h1-4H,(H,8,9)(H2,10,11,12);3H,1-2,6H2,(H,10,11)(H4,7,8,9);1H3,(H2,3,4). The van der Waals surface area contributed by atoms with E-state index in [4.69, 9.17) is 42.9 Å². The normalized spacial score (nSPS) is 10.7. The number of rotatable bonds is 8. The molecule has 12 N–H and O–H groups in total. The van der Waals surface area contributed by atoms with Crippen molar-refractivity contribution in [3.05, 3.63) is 29.8 Å². The van der Waals surface area contributed by atoms with Crippen LogP contribution in [0.15, 0.2) is 29.4 Å². The number of nitrogens with two attached hydrogens (primary N) is 4. The van der Waals surface area contributed by atoms with Gasteiger partial charge in [-0.1, -0.05) is 24.4 Å². The summed E-state index contributed by atoms with van der Waals surface area (Å²) >= 11 is 4.31. The maximum atomic E-state index is 10.6. The molecule has 1 aromatic rings. The van der Waals surface area contributed by atoms with Crippen LogP contribution in [-0.2, 0) is 14.2 Å². The van der Waals surface area contributed by atoms with Gasteiger partial charge in [0.15, 0.2) is 0 Å². The van der Waals surface area contributed by atoms with Gasteiger partial charge in [-0.2, -0.15) is 0 Å². The molecule has 0 saturated carbocycles. The number of carboxylic acids is 2. The molecule has 0 aromatic heterocycles. The summed E-state index contributed by atoms with van der Waals surface area (Å²) in [5.74, 6) is -2.95. The zero-order valence-electron chi connectivity index (χ0n) is 15.7. The molecule has 0 spiro atoms. The lowest BCUT2D eigenvalue weighted by atomic mass is 10.2. The van der Waals surface area contributed by atoms with Crippen molar-refractivity contribution in [2.45, 2.75) is 19.4 Å². The number of nitrogens with zero attached hydrogens (tertiary/aromatic N) is 1. The zero-order valence-corrected chi connectivity index (χ0v) is 17.5. The molecule has 14 nitrogen and oxygen atoms in total. The van der Waals surface area contributed by atoms with Gasteiger partial charge in [0.25, 0.3) is 0 Å². The number of hydrogen-bond donors (Lipinski definition) is 8. The van der Waals surface area contributed by atoms with Crippen LogP contribution in [0.1, 0.15) is 23.7 Å². The van der Waals surface area contributed by atoms with Crippen molar-refractivity contribution in [2.75, 3.05) is 6.61 Å². The Balaban J connectivity index is 0. The SMILES string of the molecule is CC(N)=S.NC(N)=NOCCC(N)C(=O)O.O=C(O)c1ccccc1OP(=O)(O)O. The summed E-state index contributed by atoms with van der Waals surface area (Å²) in [5, 5.41) is 20.1. The van der Waals surface area contributed by atoms with Crippen LogP contribution in [0, 0.1) is 0 Å². The molecule has 1 aromatic carbocycles. The van der Waals surface area contributed by atoms with E-state index in [1.165, 1.54) is 24.3 Å². The van der Waals surface area contributed by atoms with Crippen LogP contribution in [0.25, 0.3) is 0 Å². The third-order valence-electron chi connectivity index (χ3n) is 2.34. The first kappa shape index (κ1) is 29.2. The Bertz CT molecular complexity index is 779. The average Bonchev–Trinajstić information content (AvgIpc) is 2.57. The summed E-state index contributed by atoms with van der Waals surface area (Å²) in [6, 6.07) is 4.25. The minimum Gasteiger partial charge on any atom is -0.480 e. The molecule has 0 aliphatic heterocycles. The van der Waals surface area contributed by atoms with Gasteiger partial charge in [0.2, 0.25) is 5.96 Å². The number of hydrogen-bond acceptors (Lipinski definition) is 8. The molecule has 1 unspecified atom stereocenters. The second kappa shape index (κ2) is 14.9. The molecular formula is C14H24N5O9PS. The van der Waals surface area contributed by atoms with Crippen molar-refractivity contribution < 1.29 is 43.5 Å². The van der Waals surface area contributed by atoms with E-state index in [-0.39, 0.29) is 30.3 Å². The number of carboxylic acid groups (broad SMARTS) is 2. The van der Waals surface area contributed by atoms with Gasteiger partial charge in [-0.05, 0) is 24.2 Å². The summed E-state index contributed by atoms with van der Waals surface area (Å²) in [6.45, 7) is 1.75. The lowest BCUT2D eigenvalue weighted by Gasteiger charge is -2.08. The fourth-order valence-electron chi connectivity index (χ4n) is 1.27. The molecule has 0 amide bonds. The summed E-state index contributed by atoms with van der Waals surface area (Å²) in [6.07, 6.45) is 0.159. The Hall–Kier alpha value is -2.97. The van der Waals surface area contributed by atoms with Gasteiger partial charge < -0.3 is 42.5 Å². The lowest BCUT2D eigenvalue weighted by Crippen LogP contribution is -2.31. The first-order chi connectivity index (χ1) is 13.7. The lowest BCUT2D eigenvalue weighted by molar-refractivity contribution is -0.139. The molecule has 0 radical (unpaired) electrons. The molecule has 30 heavy (non-hydrogen) atoms. The molecular weight excluding hydrogens is 445 g/mol. The number of phosphoric ester groups is 1. The van der Waals surface area contributed by atoms with Crippen LogP contribution < -0.4 is 27.5 Å². The van der Waals surface area contributed by atoms with E-state index in [0.717, 1.165) is 0 Å². The van der Waals surface area contributed by atoms with Gasteiger partial charge in [-0.25, -0.2) is 9.36 Å². The highest BCUT2D eigenvalue weighted by Gasteiger charge is 2.20. The highest BCUT2D eigenvalue weighted by Crippen LogP contribution is 2.38. The van der Waals surface area contributed by atoms with Crippen molar-refractivity contribution in [1.82, 2.24) is 0 Å². The molecule has 1 atom stereocenters. The third kappa shape index (κ3) is 18.4. The Morgan fingerprint density at radius 2 is 1.70 bits per heavy atom. The van der Waals surface area contributed by atoms with Gasteiger partial charge >= 0.3 is 19.8 Å². The van der Waals surface area contributed by atoms with E-state index in [2.05, 4.69) is 26.7 Å². The van der Waals surface area contributed by atoms with Gasteiger partial charge in [-0.15, -0.1) is 0 Å². The molecule has 0 aliphatic rings. The Kier molecular flexibility index (Phi) is 14.6. The molecule has 1 rings (SSSR count). The molecule has 0 bridgehead atoms. The first-order valence-corrected chi connectivity index (χ1v) is 9.64. The number of aromatic carboxylic acids is 1. The number of carbonyl (C=O) groups is 2. The van der Waals surface area contributed by atoms with E-state index < -0.39 is 25.8 Å². The van der Waals surface area contributed by atoms with Crippen molar-refractivity contribution in [1.29, 1.82) is 0 Å². The predicted molar refractivity (Wildman–Crippen MR) is 111 cm³/mol. The number of benzene rings is 1. The van der Waals surface area contributed by atoms with E-state index in [9.17, 15) is 14.2 Å². The van der Waals surface area contributed by atoms with E-state index in [1.54, 1.807) is 6.92 Å². The molecule has 170 valence electrons. The number of thiocarbonyl (C=S) groups is 1. The van der Waals surface area contributed by atoms with Gasteiger partial charge in [0.05, 0.1) is 4.99 Å². The van der Waals surface area contributed by atoms with Crippen molar-refractivity contribution in [3.8, 4) is 5.75 Å². The predicted octanol–water partition coefficient (Wildman–Crippen LogP) is -0.858. The maximum Gasteiger partial charge on any atom is 0.524 e. The minimum atomic E-state index is -4.72. The summed E-state index contributed by atoms with van der Waals surface area (Å²) in [7, 11) is -4.72. The summed E-state index contributed by atoms with van der Waals surface area (Å²) in [4.78, 5) is 42.7. The second-order valence-electron chi connectivity index (χ2n) is 5.08. The Morgan fingerprint density at radius 1 is 1.20 bits per heavy atom. The molecule has 16 heteroatoms. The molecule has 0 saturated heterocycles. The third-order valence-corrected chi connectivity index (χ3v) is 2.78. The Morgan fingerprint density at radius 3 is 2.10 bits per heavy atom. The topological polar surface area (TPSA) is 267 Å². The van der Waals surface area contributed by atoms with Gasteiger partial charge in [0, 0.05) is 6.42 Å². The van der Waals surface area contributed by atoms with E-state index in [1.807, 2.05) is 0 Å². The number of aliphatic carboxylic acids is 1. The minimum absolute atomic E-state index is 0.0748. The zero-order chi connectivity index (χ0) is 23.9. The smallest absolute Gasteiger partial charge is 0.480 e.